The summed E-state index contributed by atoms with van der Waals surface area (Å²) < 4.78 is 11.8. The largest absolute Gasteiger partial charge is 0.411 e. The number of rotatable bonds is 3. The summed E-state index contributed by atoms with van der Waals surface area (Å²) in [5.41, 5.74) is 0.234. The van der Waals surface area contributed by atoms with E-state index in [1.807, 2.05) is 13.8 Å². The van der Waals surface area contributed by atoms with Crippen molar-refractivity contribution in [2.45, 2.75) is 20.3 Å². The molecule has 0 aliphatic carbocycles. The van der Waals surface area contributed by atoms with Crippen LogP contribution in [-0.2, 0) is 0 Å². The molecule has 1 atom stereocenters. The smallest absolute Gasteiger partial charge is 0.131 e. The standard InChI is InChI=1S/C6H12FNO/c1-3-5(2)6(4-7)8-9/h5,9H,3-4H2,1-2H3/b8-6-. The minimum absolute atomic E-state index is 0.0556. The predicted octanol–water partition coefficient (Wildman–Crippen LogP) is 1.83. The second kappa shape index (κ2) is 4.30. The second-order valence-electron chi connectivity index (χ2n) is 2.03. The molecule has 2 nitrogen and oxygen atoms in total. The van der Waals surface area contributed by atoms with Crippen molar-refractivity contribution in [2.75, 3.05) is 6.67 Å². The highest BCUT2D eigenvalue weighted by Gasteiger charge is 2.07. The molecule has 0 aromatic heterocycles. The van der Waals surface area contributed by atoms with Gasteiger partial charge in [-0.15, -0.1) is 0 Å². The fraction of sp³-hybridized carbons (Fsp3) is 0.833. The molecule has 0 aromatic rings. The van der Waals surface area contributed by atoms with Crippen molar-refractivity contribution in [3.05, 3.63) is 0 Å². The van der Waals surface area contributed by atoms with E-state index in [1.54, 1.807) is 0 Å². The van der Waals surface area contributed by atoms with Gasteiger partial charge in [0.1, 0.15) is 6.67 Å². The molecule has 0 saturated heterocycles. The van der Waals surface area contributed by atoms with Crippen LogP contribution in [0.2, 0.25) is 0 Å². The summed E-state index contributed by atoms with van der Waals surface area (Å²) in [5.74, 6) is 0.0556. The Morgan fingerprint density at radius 3 is 2.44 bits per heavy atom. The van der Waals surface area contributed by atoms with Gasteiger partial charge in [0.05, 0.1) is 5.71 Å². The molecule has 9 heavy (non-hydrogen) atoms. The molecular formula is C6H12FNO. The molecule has 0 bridgehead atoms. The number of halogens is 1. The first kappa shape index (κ1) is 8.40. The molecule has 0 radical (unpaired) electrons. The Kier molecular flexibility index (Phi) is 4.01. The monoisotopic (exact) mass is 133 g/mol. The van der Waals surface area contributed by atoms with Crippen LogP contribution < -0.4 is 0 Å². The maximum Gasteiger partial charge on any atom is 0.131 e. The molecule has 3 heteroatoms. The Morgan fingerprint density at radius 2 is 2.33 bits per heavy atom. The Labute approximate surface area is 54.4 Å². The first-order chi connectivity index (χ1) is 4.26. The first-order valence-corrected chi connectivity index (χ1v) is 3.03. The van der Waals surface area contributed by atoms with Crippen LogP contribution in [0.15, 0.2) is 5.16 Å². The van der Waals surface area contributed by atoms with Crippen LogP contribution >= 0.6 is 0 Å². The molecule has 0 rings (SSSR count). The third-order valence-electron chi connectivity index (χ3n) is 1.45. The Balaban J connectivity index is 3.80. The average Bonchev–Trinajstić information content (AvgIpc) is 1.90. The number of alkyl halides is 1. The van der Waals surface area contributed by atoms with E-state index in [-0.39, 0.29) is 11.6 Å². The molecule has 0 aliphatic heterocycles. The second-order valence-corrected chi connectivity index (χ2v) is 2.03. The molecule has 1 N–H and O–H groups in total. The van der Waals surface area contributed by atoms with Crippen LogP contribution in [-0.4, -0.2) is 17.6 Å². The molecular weight excluding hydrogens is 121 g/mol. The molecule has 1 unspecified atom stereocenters. The molecule has 0 spiro atoms. The van der Waals surface area contributed by atoms with Crippen molar-refractivity contribution in [2.24, 2.45) is 11.1 Å². The van der Waals surface area contributed by atoms with Gasteiger partial charge in [0.15, 0.2) is 0 Å². The lowest BCUT2D eigenvalue weighted by Crippen LogP contribution is -2.11. The molecule has 0 saturated carbocycles. The highest BCUT2D eigenvalue weighted by molar-refractivity contribution is 5.86. The topological polar surface area (TPSA) is 32.6 Å². The van der Waals surface area contributed by atoms with E-state index < -0.39 is 6.67 Å². The zero-order chi connectivity index (χ0) is 7.28. The molecule has 0 aliphatic rings. The molecule has 0 fully saturated rings. The van der Waals surface area contributed by atoms with Gasteiger partial charge in [-0.25, -0.2) is 4.39 Å². The molecule has 0 aromatic carbocycles. The van der Waals surface area contributed by atoms with Crippen molar-refractivity contribution < 1.29 is 9.60 Å². The van der Waals surface area contributed by atoms with E-state index in [0.29, 0.717) is 0 Å². The zero-order valence-corrected chi connectivity index (χ0v) is 5.76. The Bertz CT molecular complexity index is 103. The quantitative estimate of drug-likeness (QED) is 0.355. The lowest BCUT2D eigenvalue weighted by atomic mass is 10.0. The maximum absolute atomic E-state index is 11.8. The van der Waals surface area contributed by atoms with Crippen molar-refractivity contribution in [1.29, 1.82) is 0 Å². The van der Waals surface area contributed by atoms with E-state index >= 15 is 0 Å². The van der Waals surface area contributed by atoms with Crippen LogP contribution in [0.25, 0.3) is 0 Å². The number of hydrogen-bond acceptors (Lipinski definition) is 2. The molecule has 0 heterocycles. The minimum atomic E-state index is -0.647. The van der Waals surface area contributed by atoms with Crippen LogP contribution in [0.4, 0.5) is 4.39 Å². The Morgan fingerprint density at radius 1 is 1.78 bits per heavy atom. The van der Waals surface area contributed by atoms with Crippen molar-refractivity contribution in [3.63, 3.8) is 0 Å². The van der Waals surface area contributed by atoms with Crippen molar-refractivity contribution >= 4 is 5.71 Å². The fourth-order valence-corrected chi connectivity index (χ4v) is 0.493. The molecule has 54 valence electrons. The van der Waals surface area contributed by atoms with Gasteiger partial charge >= 0.3 is 0 Å². The highest BCUT2D eigenvalue weighted by Crippen LogP contribution is 2.03. The van der Waals surface area contributed by atoms with Crippen molar-refractivity contribution in [1.82, 2.24) is 0 Å². The van der Waals surface area contributed by atoms with Crippen LogP contribution in [0.1, 0.15) is 20.3 Å². The van der Waals surface area contributed by atoms with Gasteiger partial charge in [0.25, 0.3) is 0 Å². The average molecular weight is 133 g/mol. The number of nitrogens with zero attached hydrogens (tertiary/aromatic N) is 1. The fourth-order valence-electron chi connectivity index (χ4n) is 0.493. The van der Waals surface area contributed by atoms with Gasteiger partial charge in [-0.3, -0.25) is 0 Å². The van der Waals surface area contributed by atoms with Crippen LogP contribution in [0.5, 0.6) is 0 Å². The summed E-state index contributed by atoms with van der Waals surface area (Å²) in [7, 11) is 0. The summed E-state index contributed by atoms with van der Waals surface area (Å²) in [6, 6.07) is 0. The van der Waals surface area contributed by atoms with E-state index in [9.17, 15) is 4.39 Å². The molecule has 0 amide bonds. The van der Waals surface area contributed by atoms with Crippen molar-refractivity contribution in [3.8, 4) is 0 Å². The minimum Gasteiger partial charge on any atom is -0.411 e. The number of oxime groups is 1. The predicted molar refractivity (Wildman–Crippen MR) is 34.7 cm³/mol. The van der Waals surface area contributed by atoms with Crippen LogP contribution in [0, 0.1) is 5.92 Å². The Hall–Kier alpha value is -0.600. The summed E-state index contributed by atoms with van der Waals surface area (Å²) in [5, 5.41) is 11.0. The summed E-state index contributed by atoms with van der Waals surface area (Å²) in [6.45, 7) is 3.10. The lowest BCUT2D eigenvalue weighted by molar-refractivity contribution is 0.311. The maximum atomic E-state index is 11.8. The third kappa shape index (κ3) is 2.44. The van der Waals surface area contributed by atoms with E-state index in [2.05, 4.69) is 5.16 Å². The summed E-state index contributed by atoms with van der Waals surface area (Å²) in [6.07, 6.45) is 0.809. The summed E-state index contributed by atoms with van der Waals surface area (Å²) in [4.78, 5) is 0. The first-order valence-electron chi connectivity index (χ1n) is 3.03. The normalized spacial score (nSPS) is 15.7. The lowest BCUT2D eigenvalue weighted by Gasteiger charge is -2.04. The van der Waals surface area contributed by atoms with Gasteiger partial charge in [0.2, 0.25) is 0 Å². The summed E-state index contributed by atoms with van der Waals surface area (Å²) >= 11 is 0. The zero-order valence-electron chi connectivity index (χ0n) is 5.76. The van der Waals surface area contributed by atoms with Gasteiger partial charge < -0.3 is 5.21 Å². The SMILES string of the molecule is CCC(C)/C(CF)=N\O. The van der Waals surface area contributed by atoms with E-state index in [4.69, 9.17) is 5.21 Å². The van der Waals surface area contributed by atoms with Crippen LogP contribution in [0.3, 0.4) is 0 Å². The highest BCUT2D eigenvalue weighted by atomic mass is 19.1. The van der Waals surface area contributed by atoms with Gasteiger partial charge in [-0.2, -0.15) is 0 Å². The van der Waals surface area contributed by atoms with E-state index in [0.717, 1.165) is 6.42 Å². The van der Waals surface area contributed by atoms with E-state index in [1.165, 1.54) is 0 Å². The number of hydrogen-bond donors (Lipinski definition) is 1. The van der Waals surface area contributed by atoms with Gasteiger partial charge in [0, 0.05) is 5.92 Å². The van der Waals surface area contributed by atoms with Gasteiger partial charge in [-0.05, 0) is 6.42 Å². The third-order valence-corrected chi connectivity index (χ3v) is 1.45. The van der Waals surface area contributed by atoms with Gasteiger partial charge in [-0.1, -0.05) is 19.0 Å².